The average Bonchev–Trinajstić information content (AvgIpc) is 2.12. The summed E-state index contributed by atoms with van der Waals surface area (Å²) in [5.74, 6) is 0. The molecule has 14 heavy (non-hydrogen) atoms. The van der Waals surface area contributed by atoms with Gasteiger partial charge in [-0.05, 0) is 0 Å². The lowest BCUT2D eigenvalue weighted by Gasteiger charge is -2.11. The summed E-state index contributed by atoms with van der Waals surface area (Å²) in [6.45, 7) is -0.750. The Labute approximate surface area is 102 Å². The topological polar surface area (TPSA) is 38.9 Å². The van der Waals surface area contributed by atoms with Gasteiger partial charge in [-0.25, -0.2) is 9.37 Å². The van der Waals surface area contributed by atoms with Crippen LogP contribution in [0.3, 0.4) is 0 Å². The molecular weight excluding hydrogens is 273 g/mol. The minimum Gasteiger partial charge on any atom is -0.322 e. The summed E-state index contributed by atoms with van der Waals surface area (Å²) in [4.78, 5) is 3.68. The van der Waals surface area contributed by atoms with Crippen molar-refractivity contribution >= 4 is 47.2 Å². The first-order chi connectivity index (χ1) is 6.07. The first kappa shape index (κ1) is 14.2. The van der Waals surface area contributed by atoms with E-state index in [4.69, 9.17) is 40.5 Å². The predicted octanol–water partition coefficient (Wildman–Crippen LogP) is 3.43. The fraction of sp³-hybridized carbons (Fsp3) is 0.286. The van der Waals surface area contributed by atoms with Gasteiger partial charge < -0.3 is 5.73 Å². The highest BCUT2D eigenvalue weighted by molar-refractivity contribution is 6.43. The first-order valence-corrected chi connectivity index (χ1v) is 4.52. The molecule has 2 N–H and O–H groups in total. The number of alkyl halides is 1. The van der Waals surface area contributed by atoms with Gasteiger partial charge in [0.2, 0.25) is 0 Å². The molecule has 0 aliphatic heterocycles. The Morgan fingerprint density at radius 1 is 1.43 bits per heavy atom. The molecule has 1 atom stereocenters. The lowest BCUT2D eigenvalue weighted by Crippen LogP contribution is -2.13. The van der Waals surface area contributed by atoms with Crippen LogP contribution in [0.5, 0.6) is 0 Å². The van der Waals surface area contributed by atoms with E-state index in [9.17, 15) is 4.39 Å². The molecule has 1 aromatic rings. The van der Waals surface area contributed by atoms with Crippen LogP contribution < -0.4 is 5.73 Å². The quantitative estimate of drug-likeness (QED) is 0.843. The van der Waals surface area contributed by atoms with Gasteiger partial charge in [0, 0.05) is 11.8 Å². The third-order valence-corrected chi connectivity index (χ3v) is 2.57. The SMILES string of the molecule is Cl.N[C@@H](CF)c1c(Cl)cnc(Cl)c1Cl. The Kier molecular flexibility index (Phi) is 6.02. The third-order valence-electron chi connectivity index (χ3n) is 1.50. The monoisotopic (exact) mass is 278 g/mol. The van der Waals surface area contributed by atoms with Gasteiger partial charge >= 0.3 is 0 Å². The summed E-state index contributed by atoms with van der Waals surface area (Å²) < 4.78 is 12.3. The highest BCUT2D eigenvalue weighted by Gasteiger charge is 2.17. The number of halogens is 5. The van der Waals surface area contributed by atoms with E-state index in [1.807, 2.05) is 0 Å². The summed E-state index contributed by atoms with van der Waals surface area (Å²) in [6, 6.07) is -0.861. The maximum Gasteiger partial charge on any atom is 0.148 e. The largest absolute Gasteiger partial charge is 0.322 e. The van der Waals surface area contributed by atoms with Gasteiger partial charge in [-0.2, -0.15) is 0 Å². The van der Waals surface area contributed by atoms with Crippen LogP contribution in [0.4, 0.5) is 4.39 Å². The molecule has 0 unspecified atom stereocenters. The zero-order valence-electron chi connectivity index (χ0n) is 6.81. The molecule has 80 valence electrons. The van der Waals surface area contributed by atoms with Crippen LogP contribution in [0.2, 0.25) is 15.2 Å². The van der Waals surface area contributed by atoms with Gasteiger partial charge in [0.15, 0.2) is 0 Å². The molecule has 0 spiro atoms. The van der Waals surface area contributed by atoms with E-state index in [-0.39, 0.29) is 27.6 Å². The van der Waals surface area contributed by atoms with E-state index >= 15 is 0 Å². The van der Waals surface area contributed by atoms with Crippen LogP contribution in [0.15, 0.2) is 6.20 Å². The van der Waals surface area contributed by atoms with Gasteiger partial charge in [-0.3, -0.25) is 0 Å². The minimum absolute atomic E-state index is 0. The standard InChI is InChI=1S/C7H6Cl3FN2.ClH/c8-3-2-13-7(10)6(9)5(3)4(12)1-11;/h2,4H,1,12H2;1H/t4-;/m0./s1. The molecule has 0 aromatic carbocycles. The molecule has 1 rings (SSSR count). The van der Waals surface area contributed by atoms with Gasteiger partial charge in [-0.15, -0.1) is 12.4 Å². The van der Waals surface area contributed by atoms with Crippen LogP contribution in [0, 0.1) is 0 Å². The molecule has 1 aromatic heterocycles. The Balaban J connectivity index is 0.00000169. The molecule has 0 saturated carbocycles. The lowest BCUT2D eigenvalue weighted by atomic mass is 10.1. The predicted molar refractivity (Wildman–Crippen MR) is 59.4 cm³/mol. The second-order valence-corrected chi connectivity index (χ2v) is 3.53. The normalized spacial score (nSPS) is 12.1. The molecule has 0 aliphatic rings. The third kappa shape index (κ3) is 2.84. The Morgan fingerprint density at radius 3 is 2.50 bits per heavy atom. The van der Waals surface area contributed by atoms with Crippen LogP contribution in [0.25, 0.3) is 0 Å². The molecule has 1 heterocycles. The highest BCUT2D eigenvalue weighted by atomic mass is 35.5. The molecule has 0 bridgehead atoms. The Bertz CT molecular complexity index is 321. The summed E-state index contributed by atoms with van der Waals surface area (Å²) in [5, 5.41) is 0.406. The molecule has 2 nitrogen and oxygen atoms in total. The molecule has 0 saturated heterocycles. The molecule has 0 amide bonds. The van der Waals surface area contributed by atoms with Crippen LogP contribution in [0.1, 0.15) is 11.6 Å². The maximum absolute atomic E-state index is 12.3. The minimum atomic E-state index is -0.861. The van der Waals surface area contributed by atoms with E-state index in [1.54, 1.807) is 0 Å². The van der Waals surface area contributed by atoms with E-state index in [0.717, 1.165) is 0 Å². The van der Waals surface area contributed by atoms with Crippen molar-refractivity contribution in [3.63, 3.8) is 0 Å². The number of aromatic nitrogens is 1. The van der Waals surface area contributed by atoms with Crippen molar-refractivity contribution in [1.82, 2.24) is 4.98 Å². The second-order valence-electron chi connectivity index (χ2n) is 2.39. The van der Waals surface area contributed by atoms with Crippen molar-refractivity contribution in [1.29, 1.82) is 0 Å². The lowest BCUT2D eigenvalue weighted by molar-refractivity contribution is 0.437. The number of rotatable bonds is 2. The number of hydrogen-bond acceptors (Lipinski definition) is 2. The van der Waals surface area contributed by atoms with Crippen LogP contribution in [-0.2, 0) is 0 Å². The number of hydrogen-bond donors (Lipinski definition) is 1. The van der Waals surface area contributed by atoms with Crippen LogP contribution >= 0.6 is 47.2 Å². The maximum atomic E-state index is 12.3. The average molecular weight is 280 g/mol. The fourth-order valence-corrected chi connectivity index (χ4v) is 1.65. The molecular formula is C7H7Cl4FN2. The summed E-state index contributed by atoms with van der Waals surface area (Å²) in [7, 11) is 0. The van der Waals surface area contributed by atoms with Crippen molar-refractivity contribution in [3.8, 4) is 0 Å². The van der Waals surface area contributed by atoms with Crippen LogP contribution in [-0.4, -0.2) is 11.7 Å². The van der Waals surface area contributed by atoms with Gasteiger partial charge in [0.05, 0.1) is 16.1 Å². The van der Waals surface area contributed by atoms with Gasteiger partial charge in [-0.1, -0.05) is 34.8 Å². The fourth-order valence-electron chi connectivity index (χ4n) is 0.873. The first-order valence-electron chi connectivity index (χ1n) is 3.38. The van der Waals surface area contributed by atoms with Crippen molar-refractivity contribution in [3.05, 3.63) is 27.0 Å². The van der Waals surface area contributed by atoms with Crippen molar-refractivity contribution in [2.45, 2.75) is 6.04 Å². The van der Waals surface area contributed by atoms with E-state index in [1.165, 1.54) is 6.20 Å². The van der Waals surface area contributed by atoms with E-state index < -0.39 is 12.7 Å². The van der Waals surface area contributed by atoms with E-state index in [0.29, 0.717) is 5.56 Å². The highest BCUT2D eigenvalue weighted by Crippen LogP contribution is 2.33. The molecule has 0 radical (unpaired) electrons. The molecule has 0 aliphatic carbocycles. The van der Waals surface area contributed by atoms with Crippen molar-refractivity contribution in [2.24, 2.45) is 5.73 Å². The Morgan fingerprint density at radius 2 is 2.00 bits per heavy atom. The smallest absolute Gasteiger partial charge is 0.148 e. The number of nitrogens with zero attached hydrogens (tertiary/aromatic N) is 1. The number of pyridine rings is 1. The molecule has 7 heteroatoms. The van der Waals surface area contributed by atoms with Gasteiger partial charge in [0.1, 0.15) is 11.8 Å². The zero-order chi connectivity index (χ0) is 10.0. The summed E-state index contributed by atoms with van der Waals surface area (Å²) >= 11 is 17.1. The molecule has 0 fully saturated rings. The van der Waals surface area contributed by atoms with Crippen molar-refractivity contribution < 1.29 is 4.39 Å². The number of nitrogens with two attached hydrogens (primary N) is 1. The van der Waals surface area contributed by atoms with Crippen molar-refractivity contribution in [2.75, 3.05) is 6.67 Å². The van der Waals surface area contributed by atoms with Gasteiger partial charge in [0.25, 0.3) is 0 Å². The van der Waals surface area contributed by atoms with E-state index in [2.05, 4.69) is 4.98 Å². The Hall–Kier alpha value is 0.200. The zero-order valence-corrected chi connectivity index (χ0v) is 9.89. The summed E-state index contributed by atoms with van der Waals surface area (Å²) in [5.41, 5.74) is 5.73. The summed E-state index contributed by atoms with van der Waals surface area (Å²) in [6.07, 6.45) is 1.29. The second kappa shape index (κ2) is 5.93.